The van der Waals surface area contributed by atoms with Crippen molar-refractivity contribution in [3.63, 3.8) is 0 Å². The smallest absolute Gasteiger partial charge is 0.355 e. The number of anilines is 2. The second-order valence-corrected chi connectivity index (χ2v) is 8.09. The van der Waals surface area contributed by atoms with Crippen molar-refractivity contribution in [3.05, 3.63) is 84.2 Å². The van der Waals surface area contributed by atoms with Gasteiger partial charge in [0.2, 0.25) is 0 Å². The van der Waals surface area contributed by atoms with Gasteiger partial charge in [0.15, 0.2) is 0 Å². The molecule has 10 heteroatoms. The fraction of sp³-hybridized carbons (Fsp3) is 0.0909. The molecule has 1 heterocycles. The standard InChI is InChI=1S/C22H20N2O7S/c1-30-21(26)17-7-5-6-14-24(20(17)22(27)31-2)18-8-3-4-9-19(18)32(28,29)23-15-10-12-16(25)13-11-15/h3-14,23,25H,1-2H3. The van der Waals surface area contributed by atoms with Gasteiger partial charge in [-0.15, -0.1) is 0 Å². The normalized spacial score (nSPS) is 13.5. The minimum Gasteiger partial charge on any atom is -0.508 e. The van der Waals surface area contributed by atoms with E-state index < -0.39 is 22.0 Å². The zero-order valence-corrected chi connectivity index (χ0v) is 18.0. The number of methoxy groups -OCH3 is 2. The van der Waals surface area contributed by atoms with E-state index in [1.807, 2.05) is 0 Å². The largest absolute Gasteiger partial charge is 0.508 e. The summed E-state index contributed by atoms with van der Waals surface area (Å²) in [4.78, 5) is 26.1. The number of phenols is 1. The molecule has 0 aromatic heterocycles. The summed E-state index contributed by atoms with van der Waals surface area (Å²) in [6.45, 7) is 0. The molecule has 2 aromatic rings. The number of nitrogens with zero attached hydrogens (tertiary/aromatic N) is 1. The Morgan fingerprint density at radius 1 is 0.938 bits per heavy atom. The molecule has 0 fully saturated rings. The lowest BCUT2D eigenvalue weighted by molar-refractivity contribution is -0.139. The maximum absolute atomic E-state index is 13.2. The summed E-state index contributed by atoms with van der Waals surface area (Å²) < 4.78 is 38.4. The molecule has 0 bridgehead atoms. The molecule has 3 rings (SSSR count). The SMILES string of the molecule is COC(=O)C1=C(C(=O)OC)N(c2ccccc2S(=O)(=O)Nc2ccc(O)cc2)C=CC=C1. The Labute approximate surface area is 184 Å². The molecule has 0 saturated carbocycles. The number of hydrogen-bond donors (Lipinski definition) is 2. The number of phenolic OH excluding ortho intramolecular Hbond substituents is 1. The Morgan fingerprint density at radius 2 is 1.59 bits per heavy atom. The Hall–Kier alpha value is -4.05. The lowest BCUT2D eigenvalue weighted by Gasteiger charge is -2.25. The number of aromatic hydroxyl groups is 1. The lowest BCUT2D eigenvalue weighted by atomic mass is 10.1. The van der Waals surface area contributed by atoms with Crippen LogP contribution in [0.4, 0.5) is 11.4 Å². The van der Waals surface area contributed by atoms with Crippen molar-refractivity contribution in [2.45, 2.75) is 4.90 Å². The molecule has 0 aliphatic carbocycles. The van der Waals surface area contributed by atoms with E-state index in [2.05, 4.69) is 4.72 Å². The zero-order valence-electron chi connectivity index (χ0n) is 17.2. The van der Waals surface area contributed by atoms with Crippen LogP contribution < -0.4 is 9.62 Å². The average Bonchev–Trinajstić information content (AvgIpc) is 3.02. The van der Waals surface area contributed by atoms with Crippen LogP contribution >= 0.6 is 0 Å². The lowest BCUT2D eigenvalue weighted by Crippen LogP contribution is -2.28. The second kappa shape index (κ2) is 9.40. The third kappa shape index (κ3) is 4.65. The Kier molecular flexibility index (Phi) is 6.64. The summed E-state index contributed by atoms with van der Waals surface area (Å²) >= 11 is 0. The molecule has 2 N–H and O–H groups in total. The zero-order chi connectivity index (χ0) is 23.3. The number of ether oxygens (including phenoxy) is 2. The summed E-state index contributed by atoms with van der Waals surface area (Å²) in [6.07, 6.45) is 5.87. The first-order valence-corrected chi connectivity index (χ1v) is 10.7. The van der Waals surface area contributed by atoms with Crippen molar-refractivity contribution >= 4 is 33.3 Å². The third-order valence-electron chi connectivity index (χ3n) is 4.42. The van der Waals surface area contributed by atoms with E-state index in [4.69, 9.17) is 9.47 Å². The van der Waals surface area contributed by atoms with Crippen LogP contribution in [0.1, 0.15) is 0 Å². The van der Waals surface area contributed by atoms with E-state index in [1.54, 1.807) is 6.07 Å². The van der Waals surface area contributed by atoms with Crippen molar-refractivity contribution in [1.29, 1.82) is 0 Å². The maximum atomic E-state index is 13.2. The molecular formula is C22H20N2O7S. The van der Waals surface area contributed by atoms with Gasteiger partial charge < -0.3 is 19.5 Å². The number of sulfonamides is 1. The molecule has 0 atom stereocenters. The molecule has 32 heavy (non-hydrogen) atoms. The van der Waals surface area contributed by atoms with Crippen LogP contribution in [-0.4, -0.2) is 39.7 Å². The molecule has 0 radical (unpaired) electrons. The Bertz CT molecular complexity index is 1230. The van der Waals surface area contributed by atoms with Gasteiger partial charge in [-0.1, -0.05) is 18.2 Å². The van der Waals surface area contributed by atoms with Gasteiger partial charge in [-0.25, -0.2) is 18.0 Å². The molecule has 9 nitrogen and oxygen atoms in total. The van der Waals surface area contributed by atoms with E-state index in [0.29, 0.717) is 0 Å². The fourth-order valence-electron chi connectivity index (χ4n) is 2.97. The molecule has 0 amide bonds. The van der Waals surface area contributed by atoms with Gasteiger partial charge in [0, 0.05) is 11.9 Å². The predicted molar refractivity (Wildman–Crippen MR) is 117 cm³/mol. The van der Waals surface area contributed by atoms with Gasteiger partial charge >= 0.3 is 11.9 Å². The summed E-state index contributed by atoms with van der Waals surface area (Å²) in [5, 5.41) is 9.42. The van der Waals surface area contributed by atoms with E-state index in [1.165, 1.54) is 78.9 Å². The maximum Gasteiger partial charge on any atom is 0.355 e. The first kappa shape index (κ1) is 22.6. The summed E-state index contributed by atoms with van der Waals surface area (Å²) in [5.41, 5.74) is 0.00451. The number of esters is 2. The highest BCUT2D eigenvalue weighted by Gasteiger charge is 2.30. The van der Waals surface area contributed by atoms with Crippen LogP contribution in [0.15, 0.2) is 89.1 Å². The molecule has 0 saturated heterocycles. The van der Waals surface area contributed by atoms with Crippen LogP contribution in [0.25, 0.3) is 0 Å². The minimum atomic E-state index is -4.14. The number of allylic oxidation sites excluding steroid dienone is 2. The fourth-order valence-corrected chi connectivity index (χ4v) is 4.23. The molecule has 166 valence electrons. The minimum absolute atomic E-state index is 0.0150. The topological polar surface area (TPSA) is 122 Å². The molecule has 0 unspecified atom stereocenters. The molecule has 0 spiro atoms. The first-order valence-electron chi connectivity index (χ1n) is 9.24. The van der Waals surface area contributed by atoms with Gasteiger partial charge in [-0.3, -0.25) is 4.72 Å². The van der Waals surface area contributed by atoms with Crippen LogP contribution in [0, 0.1) is 0 Å². The number of hydrogen-bond acceptors (Lipinski definition) is 8. The summed E-state index contributed by atoms with van der Waals surface area (Å²) in [5.74, 6) is -1.67. The van der Waals surface area contributed by atoms with Crippen LogP contribution in [0.5, 0.6) is 5.75 Å². The van der Waals surface area contributed by atoms with Gasteiger partial charge in [-0.2, -0.15) is 0 Å². The van der Waals surface area contributed by atoms with Crippen LogP contribution in [-0.2, 0) is 29.1 Å². The second-order valence-electron chi connectivity index (χ2n) is 6.44. The van der Waals surface area contributed by atoms with Crippen molar-refractivity contribution < 1.29 is 32.6 Å². The number of nitrogens with one attached hydrogen (secondary N) is 1. The Morgan fingerprint density at radius 3 is 2.25 bits per heavy atom. The van der Waals surface area contributed by atoms with Gasteiger partial charge in [0.25, 0.3) is 10.0 Å². The number of rotatable bonds is 6. The molecule has 1 aliphatic rings. The molecule has 2 aromatic carbocycles. The van der Waals surface area contributed by atoms with E-state index in [0.717, 1.165) is 7.11 Å². The van der Waals surface area contributed by atoms with Crippen molar-refractivity contribution in [1.82, 2.24) is 0 Å². The highest BCUT2D eigenvalue weighted by molar-refractivity contribution is 7.92. The Balaban J connectivity index is 2.16. The third-order valence-corrected chi connectivity index (χ3v) is 5.85. The number of carbonyl (C=O) groups excluding carboxylic acids is 2. The van der Waals surface area contributed by atoms with Crippen molar-refractivity contribution in [2.24, 2.45) is 0 Å². The van der Waals surface area contributed by atoms with Crippen LogP contribution in [0.2, 0.25) is 0 Å². The summed E-state index contributed by atoms with van der Waals surface area (Å²) in [6, 6.07) is 11.4. The monoisotopic (exact) mass is 456 g/mol. The number of carbonyl (C=O) groups is 2. The molecular weight excluding hydrogens is 436 g/mol. The van der Waals surface area contributed by atoms with Crippen molar-refractivity contribution in [3.8, 4) is 5.75 Å². The van der Waals surface area contributed by atoms with E-state index in [9.17, 15) is 23.1 Å². The highest BCUT2D eigenvalue weighted by Crippen LogP contribution is 2.32. The van der Waals surface area contributed by atoms with Crippen LogP contribution in [0.3, 0.4) is 0 Å². The van der Waals surface area contributed by atoms with Crippen molar-refractivity contribution in [2.75, 3.05) is 23.8 Å². The quantitative estimate of drug-likeness (QED) is 0.503. The molecule has 1 aliphatic heterocycles. The highest BCUT2D eigenvalue weighted by atomic mass is 32.2. The van der Waals surface area contributed by atoms with Gasteiger partial charge in [0.05, 0.1) is 25.5 Å². The first-order chi connectivity index (χ1) is 15.3. The van der Waals surface area contributed by atoms with E-state index in [-0.39, 0.29) is 33.3 Å². The average molecular weight is 456 g/mol. The van der Waals surface area contributed by atoms with Gasteiger partial charge in [0.1, 0.15) is 16.3 Å². The summed E-state index contributed by atoms with van der Waals surface area (Å²) in [7, 11) is -1.82. The number of para-hydroxylation sites is 1. The van der Waals surface area contributed by atoms with E-state index >= 15 is 0 Å². The number of benzene rings is 2. The predicted octanol–water partition coefficient (Wildman–Crippen LogP) is 2.68. The van der Waals surface area contributed by atoms with Gasteiger partial charge in [-0.05, 0) is 48.6 Å².